The number of piperazine rings is 1. The van der Waals surface area contributed by atoms with Crippen LogP contribution in [0.15, 0.2) is 66.0 Å². The molecule has 16 heteroatoms. The van der Waals surface area contributed by atoms with Gasteiger partial charge in [0, 0.05) is 43.6 Å². The smallest absolute Gasteiger partial charge is 0.475 e. The number of nitrogens with one attached hydrogen (secondary N) is 1. The Morgan fingerprint density at radius 1 is 0.907 bits per heavy atom. The molecule has 8 nitrogen and oxygen atoms in total. The first kappa shape index (κ1) is 35.0. The van der Waals surface area contributed by atoms with E-state index in [9.17, 15) is 35.5 Å². The number of halogens is 7. The highest BCUT2D eigenvalue weighted by molar-refractivity contribution is 7.12. The minimum absolute atomic E-state index is 0.0768. The van der Waals surface area contributed by atoms with Crippen molar-refractivity contribution in [1.82, 2.24) is 4.90 Å². The van der Waals surface area contributed by atoms with E-state index in [2.05, 4.69) is 34.2 Å². The molecule has 234 valence electrons. The Morgan fingerprint density at radius 3 is 1.95 bits per heavy atom. The molecule has 1 saturated heterocycles. The Balaban J connectivity index is 0.000000384. The van der Waals surface area contributed by atoms with Gasteiger partial charge in [0.25, 0.3) is 5.91 Å². The number of amides is 1. The van der Waals surface area contributed by atoms with Gasteiger partial charge >= 0.3 is 24.3 Å². The number of aliphatic carboxylic acids is 2. The van der Waals surface area contributed by atoms with Gasteiger partial charge in [-0.1, -0.05) is 18.2 Å². The highest BCUT2D eigenvalue weighted by atomic mass is 32.1. The highest BCUT2D eigenvalue weighted by Crippen LogP contribution is 2.24. The number of carboxylic acid groups (broad SMARTS) is 2. The van der Waals surface area contributed by atoms with Gasteiger partial charge < -0.3 is 20.4 Å². The predicted molar refractivity (Wildman–Crippen MR) is 145 cm³/mol. The van der Waals surface area contributed by atoms with E-state index in [0.29, 0.717) is 10.9 Å². The summed E-state index contributed by atoms with van der Waals surface area (Å²) in [5.41, 5.74) is 2.96. The Hall–Kier alpha value is -4.18. The summed E-state index contributed by atoms with van der Waals surface area (Å²) in [5.74, 6) is -5.77. The van der Waals surface area contributed by atoms with Crippen molar-refractivity contribution in [2.45, 2.75) is 31.9 Å². The Labute approximate surface area is 245 Å². The summed E-state index contributed by atoms with van der Waals surface area (Å²) in [4.78, 5) is 35.4. The van der Waals surface area contributed by atoms with Crippen LogP contribution in [0.25, 0.3) is 0 Å². The number of carbonyl (C=O) groups excluding carboxylic acids is 1. The number of alkyl halides is 6. The first-order valence-corrected chi connectivity index (χ1v) is 13.1. The predicted octanol–water partition coefficient (Wildman–Crippen LogP) is 6.12. The molecular formula is C27H26F7N3O5S. The lowest BCUT2D eigenvalue weighted by Gasteiger charge is -2.41. The number of anilines is 2. The number of hydrogen-bond acceptors (Lipinski definition) is 6. The lowest BCUT2D eigenvalue weighted by molar-refractivity contribution is -0.193. The van der Waals surface area contributed by atoms with Crippen LogP contribution in [-0.2, 0) is 16.1 Å². The summed E-state index contributed by atoms with van der Waals surface area (Å²) < 4.78 is 76.9. The van der Waals surface area contributed by atoms with Crippen LogP contribution < -0.4 is 10.2 Å². The second kappa shape index (κ2) is 15.3. The average Bonchev–Trinajstić information content (AvgIpc) is 3.45. The number of carboxylic acids is 2. The third-order valence-corrected chi connectivity index (χ3v) is 6.56. The van der Waals surface area contributed by atoms with Gasteiger partial charge in [-0.2, -0.15) is 26.3 Å². The number of rotatable bonds is 5. The Morgan fingerprint density at radius 2 is 1.49 bits per heavy atom. The van der Waals surface area contributed by atoms with Gasteiger partial charge in [0.2, 0.25) is 0 Å². The van der Waals surface area contributed by atoms with Crippen LogP contribution in [0.1, 0.15) is 22.2 Å². The number of benzene rings is 2. The van der Waals surface area contributed by atoms with Crippen molar-refractivity contribution in [2.75, 3.05) is 29.9 Å². The quantitative estimate of drug-likeness (QED) is 0.290. The Bertz CT molecular complexity index is 1330. The van der Waals surface area contributed by atoms with Gasteiger partial charge in [-0.25, -0.2) is 14.0 Å². The van der Waals surface area contributed by atoms with Crippen LogP contribution >= 0.6 is 11.3 Å². The summed E-state index contributed by atoms with van der Waals surface area (Å²) in [6.07, 6.45) is -10.2. The molecule has 0 radical (unpaired) electrons. The molecule has 0 saturated carbocycles. The van der Waals surface area contributed by atoms with Crippen LogP contribution in [0.5, 0.6) is 0 Å². The summed E-state index contributed by atoms with van der Waals surface area (Å²) >= 11 is 1.43. The molecule has 0 aliphatic carbocycles. The van der Waals surface area contributed by atoms with Crippen LogP contribution in [0, 0.1) is 5.82 Å². The normalized spacial score (nSPS) is 15.3. The molecule has 43 heavy (non-hydrogen) atoms. The van der Waals surface area contributed by atoms with Gasteiger partial charge in [-0.3, -0.25) is 9.69 Å². The minimum Gasteiger partial charge on any atom is -0.475 e. The van der Waals surface area contributed by atoms with Crippen LogP contribution in [0.3, 0.4) is 0 Å². The molecule has 4 rings (SSSR count). The van der Waals surface area contributed by atoms with Crippen LogP contribution in [0.4, 0.5) is 42.1 Å². The molecule has 3 N–H and O–H groups in total. The fraction of sp³-hybridized carbons (Fsp3) is 0.296. The van der Waals surface area contributed by atoms with Crippen molar-refractivity contribution in [3.63, 3.8) is 0 Å². The van der Waals surface area contributed by atoms with Crippen molar-refractivity contribution in [1.29, 1.82) is 0 Å². The van der Waals surface area contributed by atoms with Gasteiger partial charge in [0.05, 0.1) is 4.88 Å². The molecule has 1 aliphatic rings. The summed E-state index contributed by atoms with van der Waals surface area (Å²) in [6, 6.07) is 18.9. The van der Waals surface area contributed by atoms with Crippen LogP contribution in [0.2, 0.25) is 0 Å². The fourth-order valence-electron chi connectivity index (χ4n) is 3.79. The second-order valence-electron chi connectivity index (χ2n) is 8.99. The van der Waals surface area contributed by atoms with Gasteiger partial charge in [-0.15, -0.1) is 11.3 Å². The van der Waals surface area contributed by atoms with Crippen molar-refractivity contribution < 1.29 is 55.3 Å². The number of carbonyl (C=O) groups is 3. The summed E-state index contributed by atoms with van der Waals surface area (Å²) in [5, 5.41) is 19.1. The fourth-order valence-corrected chi connectivity index (χ4v) is 4.41. The van der Waals surface area contributed by atoms with E-state index in [-0.39, 0.29) is 11.7 Å². The maximum atomic E-state index is 13.4. The zero-order chi connectivity index (χ0) is 32.4. The number of nitrogens with zero attached hydrogens (tertiary/aromatic N) is 2. The maximum absolute atomic E-state index is 13.4. The SMILES string of the molecule is CC1CN(Cc2cccc(F)c2)CCN1c1ccc(NC(=O)c2cccs2)cc1.O=C(O)C(F)(F)F.O=C(O)C(F)(F)F. The topological polar surface area (TPSA) is 110 Å². The van der Waals surface area contributed by atoms with Gasteiger partial charge in [-0.05, 0) is 60.3 Å². The molecule has 1 fully saturated rings. The van der Waals surface area contributed by atoms with Gasteiger partial charge in [0.1, 0.15) is 5.82 Å². The van der Waals surface area contributed by atoms with E-state index in [0.717, 1.165) is 43.1 Å². The average molecular weight is 638 g/mol. The Kier molecular flexibility index (Phi) is 12.5. The molecule has 2 heterocycles. The third kappa shape index (κ3) is 11.9. The summed E-state index contributed by atoms with van der Waals surface area (Å²) in [7, 11) is 0. The molecule has 2 aromatic carbocycles. The molecule has 1 atom stereocenters. The molecule has 1 unspecified atom stereocenters. The van der Waals surface area contributed by atoms with E-state index in [1.54, 1.807) is 12.1 Å². The highest BCUT2D eigenvalue weighted by Gasteiger charge is 2.38. The van der Waals surface area contributed by atoms with E-state index in [1.165, 1.54) is 17.4 Å². The van der Waals surface area contributed by atoms with Crippen molar-refractivity contribution in [3.05, 3.63) is 82.3 Å². The molecule has 0 bridgehead atoms. The monoisotopic (exact) mass is 637 g/mol. The van der Waals surface area contributed by atoms with Crippen molar-refractivity contribution in [2.24, 2.45) is 0 Å². The molecule has 1 amide bonds. The van der Waals surface area contributed by atoms with E-state index in [4.69, 9.17) is 19.8 Å². The van der Waals surface area contributed by atoms with E-state index >= 15 is 0 Å². The van der Waals surface area contributed by atoms with Crippen molar-refractivity contribution in [3.8, 4) is 0 Å². The second-order valence-corrected chi connectivity index (χ2v) is 9.94. The zero-order valence-corrected chi connectivity index (χ0v) is 23.1. The number of thiophene rings is 1. The first-order chi connectivity index (χ1) is 20.0. The molecular weight excluding hydrogens is 611 g/mol. The molecule has 1 aliphatic heterocycles. The molecule has 1 aromatic heterocycles. The van der Waals surface area contributed by atoms with Gasteiger partial charge in [0.15, 0.2) is 0 Å². The maximum Gasteiger partial charge on any atom is 0.490 e. The van der Waals surface area contributed by atoms with E-state index in [1.807, 2.05) is 35.7 Å². The van der Waals surface area contributed by atoms with Crippen LogP contribution in [-0.4, -0.2) is 71.0 Å². The number of hydrogen-bond donors (Lipinski definition) is 3. The molecule has 0 spiro atoms. The zero-order valence-electron chi connectivity index (χ0n) is 22.3. The first-order valence-electron chi connectivity index (χ1n) is 12.3. The lowest BCUT2D eigenvalue weighted by Crippen LogP contribution is -2.51. The lowest BCUT2D eigenvalue weighted by atomic mass is 10.1. The molecule has 3 aromatic rings. The van der Waals surface area contributed by atoms with Crippen molar-refractivity contribution >= 4 is 40.6 Å². The third-order valence-electron chi connectivity index (χ3n) is 5.69. The standard InChI is InChI=1S/C23H24FN3OS.2C2HF3O2/c1-17-15-26(16-18-4-2-5-19(24)14-18)11-12-27(17)21-9-7-20(8-10-21)25-23(28)22-6-3-13-29-22;2*3-2(4,5)1(6)7/h2-10,13-14,17H,11-12,15-16H2,1H3,(H,25,28);2*(H,6,7). The van der Waals surface area contributed by atoms with E-state index < -0.39 is 24.3 Å². The minimum atomic E-state index is -5.08. The largest absolute Gasteiger partial charge is 0.490 e. The summed E-state index contributed by atoms with van der Waals surface area (Å²) in [6.45, 7) is 5.75.